The van der Waals surface area contributed by atoms with Gasteiger partial charge in [0, 0.05) is 11.6 Å². The number of esters is 4. The Kier molecular flexibility index (Phi) is 14.1. The van der Waals surface area contributed by atoms with Gasteiger partial charge in [-0.2, -0.15) is 0 Å². The third-order valence-corrected chi connectivity index (χ3v) is 5.26. The van der Waals surface area contributed by atoms with Crippen molar-refractivity contribution in [2.75, 3.05) is 33.5 Å². The predicted molar refractivity (Wildman–Crippen MR) is 145 cm³/mol. The number of methoxy groups -OCH3 is 1. The molecule has 2 aromatic carbocycles. The average molecular weight is 555 g/mol. The number of carbonyl (C=O) groups excluding carboxylic acids is 4. The molecular formula is C30H34O10. The topological polar surface area (TPSA) is 124 Å². The molecule has 0 aliphatic rings. The molecule has 0 radical (unpaired) electrons. The second kappa shape index (κ2) is 17.8. The fourth-order valence-electron chi connectivity index (χ4n) is 3.06. The molecule has 0 heterocycles. The van der Waals surface area contributed by atoms with Gasteiger partial charge in [0.1, 0.15) is 17.2 Å². The van der Waals surface area contributed by atoms with Crippen LogP contribution in [0, 0.1) is 0 Å². The molecule has 214 valence electrons. The highest BCUT2D eigenvalue weighted by molar-refractivity contribution is 5.93. The standard InChI is InChI=1S/C30H34O10/c1-4-27(31)38-19-7-5-17-36-24-11-9-23(10-12-24)30(34)40-26-15-13-25(14-16-26)37-18-6-8-20-39-29(33)22(2)21-28(32)35-3/h4,9-16H,1-2,5-8,17-21H2,3H3. The Hall–Kier alpha value is -4.60. The maximum atomic E-state index is 12.4. The van der Waals surface area contributed by atoms with Crippen LogP contribution >= 0.6 is 0 Å². The highest BCUT2D eigenvalue weighted by Crippen LogP contribution is 2.20. The third-order valence-electron chi connectivity index (χ3n) is 5.26. The van der Waals surface area contributed by atoms with Crippen LogP contribution in [0.1, 0.15) is 42.5 Å². The predicted octanol–water partition coefficient (Wildman–Crippen LogP) is 4.62. The largest absolute Gasteiger partial charge is 0.494 e. The van der Waals surface area contributed by atoms with E-state index in [9.17, 15) is 19.2 Å². The van der Waals surface area contributed by atoms with Gasteiger partial charge in [-0.3, -0.25) is 4.79 Å². The average Bonchev–Trinajstić information content (AvgIpc) is 2.97. The van der Waals surface area contributed by atoms with Gasteiger partial charge in [-0.25, -0.2) is 14.4 Å². The SMILES string of the molecule is C=CC(=O)OCCCCOc1ccc(C(=O)Oc2ccc(OCCCCOC(=O)C(=C)CC(=O)OC)cc2)cc1. The Morgan fingerprint density at radius 1 is 0.725 bits per heavy atom. The summed E-state index contributed by atoms with van der Waals surface area (Å²) < 4.78 is 31.1. The monoisotopic (exact) mass is 554 g/mol. The number of rotatable bonds is 18. The molecule has 2 rings (SSSR count). The maximum Gasteiger partial charge on any atom is 0.343 e. The lowest BCUT2D eigenvalue weighted by atomic mass is 10.2. The summed E-state index contributed by atoms with van der Waals surface area (Å²) in [6.45, 7) is 8.19. The van der Waals surface area contributed by atoms with E-state index in [-0.39, 0.29) is 18.6 Å². The molecule has 10 nitrogen and oxygen atoms in total. The quantitative estimate of drug-likeness (QED) is 0.0848. The molecule has 10 heteroatoms. The van der Waals surface area contributed by atoms with Crippen molar-refractivity contribution in [3.8, 4) is 17.2 Å². The molecule has 0 amide bonds. The van der Waals surface area contributed by atoms with Crippen LogP contribution in [0.2, 0.25) is 0 Å². The Balaban J connectivity index is 1.63. The number of ether oxygens (including phenoxy) is 6. The summed E-state index contributed by atoms with van der Waals surface area (Å²) in [5, 5.41) is 0. The van der Waals surface area contributed by atoms with Gasteiger partial charge in [-0.1, -0.05) is 13.2 Å². The van der Waals surface area contributed by atoms with Crippen molar-refractivity contribution in [3.63, 3.8) is 0 Å². The minimum absolute atomic E-state index is 0.0453. The van der Waals surface area contributed by atoms with E-state index in [2.05, 4.69) is 17.9 Å². The molecule has 0 aliphatic carbocycles. The van der Waals surface area contributed by atoms with Crippen molar-refractivity contribution < 1.29 is 47.6 Å². The third kappa shape index (κ3) is 12.3. The Labute approximate surface area is 233 Å². The molecule has 0 aliphatic heterocycles. The summed E-state index contributed by atoms with van der Waals surface area (Å²) in [6, 6.07) is 13.2. The van der Waals surface area contributed by atoms with Crippen LogP contribution in [0.4, 0.5) is 0 Å². The van der Waals surface area contributed by atoms with Crippen LogP contribution in [-0.4, -0.2) is 57.4 Å². The van der Waals surface area contributed by atoms with Gasteiger partial charge in [0.25, 0.3) is 0 Å². The summed E-state index contributed by atoms with van der Waals surface area (Å²) in [5.41, 5.74) is 0.419. The van der Waals surface area contributed by atoms with Crippen molar-refractivity contribution in [2.45, 2.75) is 32.1 Å². The van der Waals surface area contributed by atoms with Crippen molar-refractivity contribution in [3.05, 3.63) is 78.9 Å². The minimum atomic E-state index is -0.627. The molecule has 0 spiro atoms. The molecule has 0 fully saturated rings. The summed E-state index contributed by atoms with van der Waals surface area (Å²) in [4.78, 5) is 46.3. The lowest BCUT2D eigenvalue weighted by Gasteiger charge is -2.09. The Morgan fingerprint density at radius 2 is 1.23 bits per heavy atom. The van der Waals surface area contributed by atoms with Crippen LogP contribution in [-0.2, 0) is 28.6 Å². The minimum Gasteiger partial charge on any atom is -0.494 e. The van der Waals surface area contributed by atoms with E-state index in [0.717, 1.165) is 6.08 Å². The molecule has 0 atom stereocenters. The van der Waals surface area contributed by atoms with E-state index in [1.54, 1.807) is 48.5 Å². The van der Waals surface area contributed by atoms with Crippen molar-refractivity contribution >= 4 is 23.9 Å². The number of unbranched alkanes of at least 4 members (excludes halogenated alkanes) is 2. The van der Waals surface area contributed by atoms with Crippen molar-refractivity contribution in [1.29, 1.82) is 0 Å². The van der Waals surface area contributed by atoms with Crippen LogP contribution in [0.15, 0.2) is 73.3 Å². The van der Waals surface area contributed by atoms with Crippen molar-refractivity contribution in [1.82, 2.24) is 0 Å². The van der Waals surface area contributed by atoms with Gasteiger partial charge >= 0.3 is 23.9 Å². The molecule has 40 heavy (non-hydrogen) atoms. The highest BCUT2D eigenvalue weighted by Gasteiger charge is 2.13. The highest BCUT2D eigenvalue weighted by atomic mass is 16.5. The van der Waals surface area contributed by atoms with Gasteiger partial charge in [-0.05, 0) is 74.2 Å². The summed E-state index contributed by atoms with van der Waals surface area (Å²) in [6.07, 6.45) is 3.51. The maximum absolute atomic E-state index is 12.4. The second-order valence-corrected chi connectivity index (χ2v) is 8.36. The first-order chi connectivity index (χ1) is 19.3. The summed E-state index contributed by atoms with van der Waals surface area (Å²) >= 11 is 0. The van der Waals surface area contributed by atoms with Crippen LogP contribution in [0.3, 0.4) is 0 Å². The fourth-order valence-corrected chi connectivity index (χ4v) is 3.06. The smallest absolute Gasteiger partial charge is 0.343 e. The van der Waals surface area contributed by atoms with E-state index in [1.807, 2.05) is 0 Å². The first-order valence-corrected chi connectivity index (χ1v) is 12.7. The molecule has 0 bridgehead atoms. The number of hydrogen-bond donors (Lipinski definition) is 0. The van der Waals surface area contributed by atoms with E-state index in [1.165, 1.54) is 7.11 Å². The first-order valence-electron chi connectivity index (χ1n) is 12.7. The zero-order chi connectivity index (χ0) is 29.2. The second-order valence-electron chi connectivity index (χ2n) is 8.36. The van der Waals surface area contributed by atoms with Gasteiger partial charge in [-0.15, -0.1) is 0 Å². The zero-order valence-corrected chi connectivity index (χ0v) is 22.6. The van der Waals surface area contributed by atoms with E-state index < -0.39 is 23.9 Å². The van der Waals surface area contributed by atoms with E-state index >= 15 is 0 Å². The van der Waals surface area contributed by atoms with Gasteiger partial charge in [0.2, 0.25) is 0 Å². The molecule has 0 saturated heterocycles. The fraction of sp³-hybridized carbons (Fsp3) is 0.333. The molecule has 0 saturated carbocycles. The molecule has 0 N–H and O–H groups in total. The molecular weight excluding hydrogens is 520 g/mol. The number of benzene rings is 2. The molecule has 0 unspecified atom stereocenters. The normalized spacial score (nSPS) is 10.1. The van der Waals surface area contributed by atoms with E-state index in [4.69, 9.17) is 23.7 Å². The van der Waals surface area contributed by atoms with Gasteiger partial charge in [0.05, 0.1) is 45.5 Å². The van der Waals surface area contributed by atoms with Crippen LogP contribution in [0.25, 0.3) is 0 Å². The van der Waals surface area contributed by atoms with Gasteiger partial charge in [0.15, 0.2) is 0 Å². The van der Waals surface area contributed by atoms with Crippen molar-refractivity contribution in [2.24, 2.45) is 0 Å². The summed E-state index contributed by atoms with van der Waals surface area (Å²) in [7, 11) is 1.23. The zero-order valence-electron chi connectivity index (χ0n) is 22.6. The number of hydrogen-bond acceptors (Lipinski definition) is 10. The summed E-state index contributed by atoms with van der Waals surface area (Å²) in [5.74, 6) is -0.542. The lowest BCUT2D eigenvalue weighted by molar-refractivity contribution is -0.144. The Bertz CT molecular complexity index is 1140. The lowest BCUT2D eigenvalue weighted by Crippen LogP contribution is -2.13. The molecule has 2 aromatic rings. The van der Waals surface area contributed by atoms with Crippen LogP contribution in [0.5, 0.6) is 17.2 Å². The first kappa shape index (κ1) is 31.6. The van der Waals surface area contributed by atoms with Gasteiger partial charge < -0.3 is 28.4 Å². The van der Waals surface area contributed by atoms with Crippen LogP contribution < -0.4 is 14.2 Å². The Morgan fingerprint density at radius 3 is 1.77 bits per heavy atom. The molecule has 0 aromatic heterocycles. The van der Waals surface area contributed by atoms with E-state index in [0.29, 0.717) is 68.3 Å². The number of carbonyl (C=O) groups is 4.